The fraction of sp³-hybridized carbons (Fsp3) is 0.407. The van der Waals surface area contributed by atoms with Crippen LogP contribution in [0.4, 0.5) is 16.2 Å². The van der Waals surface area contributed by atoms with Gasteiger partial charge in [-0.25, -0.2) is 4.79 Å². The zero-order chi connectivity index (χ0) is 29.9. The van der Waals surface area contributed by atoms with Crippen molar-refractivity contribution in [3.63, 3.8) is 0 Å². The number of hydrazone groups is 1. The molecule has 42 heavy (non-hydrogen) atoms. The molecule has 5 heterocycles. The number of amidine groups is 1. The van der Waals surface area contributed by atoms with Crippen molar-refractivity contribution in [2.45, 2.75) is 35.5 Å². The van der Waals surface area contributed by atoms with E-state index < -0.39 is 33.5 Å². The Morgan fingerprint density at radius 3 is 2.48 bits per heavy atom. The zero-order valence-electron chi connectivity index (χ0n) is 23.1. The van der Waals surface area contributed by atoms with Crippen molar-refractivity contribution in [3.8, 4) is 0 Å². The first kappa shape index (κ1) is 27.2. The van der Waals surface area contributed by atoms with Crippen molar-refractivity contribution in [1.29, 1.82) is 0 Å². The highest BCUT2D eigenvalue weighted by molar-refractivity contribution is 9.10. The summed E-state index contributed by atoms with van der Waals surface area (Å²) in [6.07, 6.45) is -1.26. The van der Waals surface area contributed by atoms with Gasteiger partial charge in [-0.1, -0.05) is 39.8 Å². The Balaban J connectivity index is 1.49. The summed E-state index contributed by atoms with van der Waals surface area (Å²) in [5.41, 5.74) is 3.69. The molecule has 2 aromatic rings. The lowest BCUT2D eigenvalue weighted by atomic mass is 9.72. The third kappa shape index (κ3) is 3.03. The lowest BCUT2D eigenvalue weighted by Gasteiger charge is -2.43. The number of nitro benzene ring substituents is 1. The van der Waals surface area contributed by atoms with Crippen molar-refractivity contribution < 1.29 is 19.3 Å². The number of carbonyl (C=O) groups excluding carboxylic acids is 3. The topological polar surface area (TPSA) is 135 Å². The Kier molecular flexibility index (Phi) is 5.76. The summed E-state index contributed by atoms with van der Waals surface area (Å²) in [6, 6.07) is 11.6. The van der Waals surface area contributed by atoms with E-state index in [1.54, 1.807) is 36.0 Å². The molecule has 5 atom stereocenters. The van der Waals surface area contributed by atoms with E-state index in [2.05, 4.69) is 26.5 Å². The smallest absolute Gasteiger partial charge is 0.310 e. The van der Waals surface area contributed by atoms with Gasteiger partial charge in [0.15, 0.2) is 23.0 Å². The van der Waals surface area contributed by atoms with Crippen LogP contribution in [0.3, 0.4) is 0 Å². The molecule has 15 heteroatoms. The van der Waals surface area contributed by atoms with Gasteiger partial charge in [0.2, 0.25) is 0 Å². The highest BCUT2D eigenvalue weighted by Crippen LogP contribution is 2.67. The maximum Gasteiger partial charge on any atom is 0.323 e. The van der Waals surface area contributed by atoms with Gasteiger partial charge in [-0.3, -0.25) is 34.9 Å². The number of nitro groups is 1. The van der Waals surface area contributed by atoms with Crippen molar-refractivity contribution in [3.05, 3.63) is 68.2 Å². The molecule has 2 aromatic carbocycles. The van der Waals surface area contributed by atoms with E-state index in [1.807, 2.05) is 37.1 Å². The normalized spacial score (nSPS) is 31.7. The molecule has 5 aliphatic heterocycles. The molecule has 5 aliphatic rings. The molecule has 2 spiro atoms. The summed E-state index contributed by atoms with van der Waals surface area (Å²) in [6.45, 7) is 2.63. The number of nitrogens with zero attached hydrogens (tertiary/aromatic N) is 7. The molecule has 7 rings (SSSR count). The quantitative estimate of drug-likeness (QED) is 0.394. The van der Waals surface area contributed by atoms with Crippen LogP contribution in [0.2, 0.25) is 0 Å². The summed E-state index contributed by atoms with van der Waals surface area (Å²) in [4.78, 5) is 62.3. The number of benzene rings is 2. The molecule has 0 unspecified atom stereocenters. The molecule has 0 bridgehead atoms. The number of nitrogens with one attached hydrogen (secondary N) is 1. The minimum absolute atomic E-state index is 0.0643. The Morgan fingerprint density at radius 2 is 1.81 bits per heavy atom. The second-order valence-electron chi connectivity index (χ2n) is 11.1. The molecule has 0 saturated carbocycles. The number of urea groups is 1. The van der Waals surface area contributed by atoms with Gasteiger partial charge in [0.05, 0.1) is 4.92 Å². The van der Waals surface area contributed by atoms with E-state index in [4.69, 9.17) is 0 Å². The van der Waals surface area contributed by atoms with E-state index in [1.165, 1.54) is 33.7 Å². The third-order valence-electron chi connectivity index (χ3n) is 9.33. The number of carbonyl (C=O) groups is 3. The highest BCUT2D eigenvalue weighted by atomic mass is 79.9. The fourth-order valence-electron chi connectivity index (χ4n) is 7.48. The lowest BCUT2D eigenvalue weighted by Crippen LogP contribution is -2.65. The van der Waals surface area contributed by atoms with Crippen LogP contribution in [-0.2, 0) is 15.1 Å². The number of amides is 4. The van der Waals surface area contributed by atoms with Gasteiger partial charge < -0.3 is 14.7 Å². The van der Waals surface area contributed by atoms with Crippen molar-refractivity contribution in [1.82, 2.24) is 25.0 Å². The van der Waals surface area contributed by atoms with E-state index in [-0.39, 0.29) is 23.5 Å². The van der Waals surface area contributed by atoms with Gasteiger partial charge >= 0.3 is 6.03 Å². The molecule has 0 aromatic heterocycles. The first-order chi connectivity index (χ1) is 20.0. The van der Waals surface area contributed by atoms with Gasteiger partial charge in [0, 0.05) is 61.0 Å². The second-order valence-corrected chi connectivity index (χ2v) is 13.2. The molecule has 0 radical (unpaired) electrons. The average Bonchev–Trinajstić information content (AvgIpc) is 3.59. The van der Waals surface area contributed by atoms with E-state index in [0.717, 1.165) is 10.2 Å². The predicted octanol–water partition coefficient (Wildman–Crippen LogP) is 2.49. The van der Waals surface area contributed by atoms with E-state index >= 15 is 4.79 Å². The Morgan fingerprint density at radius 1 is 1.10 bits per heavy atom. The summed E-state index contributed by atoms with van der Waals surface area (Å²) in [5.74, 6) is -1.10. The second kappa shape index (κ2) is 8.91. The number of likely N-dealkylation sites (tertiary alicyclic amines) is 1. The predicted molar refractivity (Wildman–Crippen MR) is 159 cm³/mol. The minimum Gasteiger partial charge on any atom is -0.310 e. The average molecular weight is 656 g/mol. The highest BCUT2D eigenvalue weighted by Gasteiger charge is 2.80. The van der Waals surface area contributed by atoms with Crippen LogP contribution in [0.15, 0.2) is 52.0 Å². The maximum atomic E-state index is 15.3. The monoisotopic (exact) mass is 654 g/mol. The lowest BCUT2D eigenvalue weighted by molar-refractivity contribution is -0.384. The Hall–Kier alpha value is -3.69. The van der Waals surface area contributed by atoms with Crippen LogP contribution in [0, 0.1) is 10.1 Å². The van der Waals surface area contributed by atoms with Crippen LogP contribution in [0.1, 0.15) is 24.0 Å². The molecule has 218 valence electrons. The molecular weight excluding hydrogens is 628 g/mol. The number of thioether (sulfide) groups is 1. The van der Waals surface area contributed by atoms with Gasteiger partial charge in [0.1, 0.15) is 4.75 Å². The number of anilines is 1. The fourth-order valence-corrected chi connectivity index (χ4v) is 9.56. The molecule has 0 aliphatic carbocycles. The first-order valence-corrected chi connectivity index (χ1v) is 15.0. The number of likely N-dealkylation sites (N-methyl/N-ethyl adjacent to an activating group) is 4. The number of halogens is 1. The number of hydrogen-bond donors (Lipinski definition) is 1. The summed E-state index contributed by atoms with van der Waals surface area (Å²) in [5, 5.41) is 16.4. The van der Waals surface area contributed by atoms with Gasteiger partial charge in [-0.05, 0) is 37.7 Å². The molecule has 13 nitrogen and oxygen atoms in total. The minimum atomic E-state index is -1.45. The molecule has 1 N–H and O–H groups in total. The van der Waals surface area contributed by atoms with Gasteiger partial charge in [-0.15, -0.1) is 0 Å². The standard InChI is InChI=1S/C27H27BrN8O5S/c1-5-34-19-11-8-15(28)12-17(19)26(22(34)37)27(18(13-31(26)2)14-6-9-16(10-7-14)36(40)41)23(38)35-21-20(29-30-24(35)42-27)32(3)25(39)33(21)4/h6-12,18,20-21,29H,5,13H2,1-4H3/t18-,20+,21+,26+,27-/m0/s1. The van der Waals surface area contributed by atoms with E-state index in [0.29, 0.717) is 29.4 Å². The maximum absolute atomic E-state index is 15.3. The summed E-state index contributed by atoms with van der Waals surface area (Å²) < 4.78 is -0.682. The van der Waals surface area contributed by atoms with Crippen LogP contribution in [-0.4, -0.2) is 98.8 Å². The zero-order valence-corrected chi connectivity index (χ0v) is 25.5. The van der Waals surface area contributed by atoms with Crippen molar-refractivity contribution >= 4 is 62.1 Å². The van der Waals surface area contributed by atoms with Crippen LogP contribution in [0.5, 0.6) is 0 Å². The molecule has 4 amide bonds. The molecule has 3 fully saturated rings. The van der Waals surface area contributed by atoms with Crippen molar-refractivity contribution in [2.75, 3.05) is 39.1 Å². The number of non-ortho nitro benzene ring substituents is 1. The van der Waals surface area contributed by atoms with Gasteiger partial charge in [-0.2, -0.15) is 5.10 Å². The summed E-state index contributed by atoms with van der Waals surface area (Å²) >= 11 is 4.83. The van der Waals surface area contributed by atoms with Crippen LogP contribution in [0.25, 0.3) is 0 Å². The van der Waals surface area contributed by atoms with Gasteiger partial charge in [0.25, 0.3) is 17.5 Å². The molecule has 3 saturated heterocycles. The number of hydrogen-bond acceptors (Lipinski definition) is 9. The van der Waals surface area contributed by atoms with Crippen LogP contribution >= 0.6 is 27.7 Å². The summed E-state index contributed by atoms with van der Waals surface area (Å²) in [7, 11) is 5.15. The largest absolute Gasteiger partial charge is 0.323 e. The Bertz CT molecular complexity index is 1620. The molecular formula is C27H27BrN8O5S. The third-order valence-corrected chi connectivity index (χ3v) is 11.4. The van der Waals surface area contributed by atoms with Crippen LogP contribution < -0.4 is 10.3 Å². The number of rotatable bonds is 3. The van der Waals surface area contributed by atoms with E-state index in [9.17, 15) is 19.7 Å². The Labute approximate surface area is 253 Å². The SMILES string of the molecule is CCN1C(=O)[C@@]2(c3cc(Br)ccc31)N(C)C[C@@H](c1ccc([N+](=O)[O-])cc1)[C@@]21SC2=NN[C@H]3[C@H](N(C)C(=O)N3C)N2C1=O. The van der Waals surface area contributed by atoms with Crippen molar-refractivity contribution in [2.24, 2.45) is 5.10 Å². The number of fused-ring (bicyclic) bond motifs is 6. The first-order valence-electron chi connectivity index (χ1n) is 13.4.